The van der Waals surface area contributed by atoms with Crippen molar-refractivity contribution in [3.63, 3.8) is 0 Å². The van der Waals surface area contributed by atoms with Gasteiger partial charge in [-0.05, 0) is 28.2 Å². The van der Waals surface area contributed by atoms with Crippen LogP contribution < -0.4 is 0 Å². The Morgan fingerprint density at radius 2 is 1.00 bits per heavy atom. The Hall–Kier alpha value is 0.439. The Balaban J connectivity index is 0. The fourth-order valence-corrected chi connectivity index (χ4v) is 0.400. The van der Waals surface area contributed by atoms with E-state index in [1.807, 2.05) is 0 Å². The second kappa shape index (κ2) is 6.56. The second-order valence-electron chi connectivity index (χ2n) is 2.61. The van der Waals surface area contributed by atoms with Crippen LogP contribution in [0.1, 0.15) is 0 Å². The predicted molar refractivity (Wildman–Crippen MR) is 37.1 cm³/mol. The van der Waals surface area contributed by atoms with E-state index in [1.54, 1.807) is 0 Å². The first-order valence-corrected chi connectivity index (χ1v) is 2.92. The SMILES string of the molecule is CN(C)CCN(C)C.[Cu]. The Labute approximate surface area is 68.7 Å². The van der Waals surface area contributed by atoms with Crippen molar-refractivity contribution < 1.29 is 17.1 Å². The average molecular weight is 180 g/mol. The van der Waals surface area contributed by atoms with Crippen molar-refractivity contribution in [3.8, 4) is 0 Å². The Morgan fingerprint density at radius 1 is 0.778 bits per heavy atom. The van der Waals surface area contributed by atoms with E-state index in [1.165, 1.54) is 0 Å². The van der Waals surface area contributed by atoms with E-state index in [9.17, 15) is 0 Å². The second-order valence-corrected chi connectivity index (χ2v) is 2.61. The van der Waals surface area contributed by atoms with Crippen molar-refractivity contribution in [2.75, 3.05) is 41.3 Å². The molecule has 0 saturated heterocycles. The molecule has 1 radical (unpaired) electrons. The average Bonchev–Trinajstić information content (AvgIpc) is 1.61. The maximum absolute atomic E-state index is 2.18. The van der Waals surface area contributed by atoms with Gasteiger partial charge in [-0.25, -0.2) is 0 Å². The number of nitrogens with zero attached hydrogens (tertiary/aromatic N) is 2. The number of hydrogen-bond donors (Lipinski definition) is 0. The molecule has 0 N–H and O–H groups in total. The molecule has 0 fully saturated rings. The van der Waals surface area contributed by atoms with Gasteiger partial charge in [-0.2, -0.15) is 0 Å². The molecule has 0 aromatic carbocycles. The van der Waals surface area contributed by atoms with Crippen LogP contribution in [0, 0.1) is 0 Å². The van der Waals surface area contributed by atoms with Gasteiger partial charge in [0, 0.05) is 30.2 Å². The zero-order valence-electron chi connectivity index (χ0n) is 6.61. The molecule has 0 bridgehead atoms. The third kappa shape index (κ3) is 11.8. The Bertz CT molecular complexity index is 47.0. The van der Waals surface area contributed by atoms with E-state index >= 15 is 0 Å². The summed E-state index contributed by atoms with van der Waals surface area (Å²) in [6.07, 6.45) is 0. The van der Waals surface area contributed by atoms with E-state index in [4.69, 9.17) is 0 Å². The van der Waals surface area contributed by atoms with Gasteiger partial charge in [0.15, 0.2) is 0 Å². The molecule has 3 heteroatoms. The van der Waals surface area contributed by atoms with Crippen LogP contribution in [0.25, 0.3) is 0 Å². The third-order valence-corrected chi connectivity index (χ3v) is 0.994. The first-order valence-electron chi connectivity index (χ1n) is 2.92. The third-order valence-electron chi connectivity index (χ3n) is 0.994. The topological polar surface area (TPSA) is 6.48 Å². The summed E-state index contributed by atoms with van der Waals surface area (Å²) in [6, 6.07) is 0. The van der Waals surface area contributed by atoms with E-state index < -0.39 is 0 Å². The van der Waals surface area contributed by atoms with Crippen LogP contribution in [0.2, 0.25) is 0 Å². The summed E-state index contributed by atoms with van der Waals surface area (Å²) < 4.78 is 0. The van der Waals surface area contributed by atoms with Crippen LogP contribution in [0.5, 0.6) is 0 Å². The maximum atomic E-state index is 2.18. The molecule has 2 nitrogen and oxygen atoms in total. The van der Waals surface area contributed by atoms with Crippen molar-refractivity contribution in [2.24, 2.45) is 0 Å². The smallest absolute Gasteiger partial charge is 0.0103 e. The maximum Gasteiger partial charge on any atom is 0.0103 e. The monoisotopic (exact) mass is 179 g/mol. The quantitative estimate of drug-likeness (QED) is 0.568. The van der Waals surface area contributed by atoms with Crippen LogP contribution in [0.4, 0.5) is 0 Å². The summed E-state index contributed by atoms with van der Waals surface area (Å²) in [5.74, 6) is 0. The van der Waals surface area contributed by atoms with Gasteiger partial charge in [0.25, 0.3) is 0 Å². The first kappa shape index (κ1) is 12.1. The van der Waals surface area contributed by atoms with Gasteiger partial charge in [0.05, 0.1) is 0 Å². The molecular weight excluding hydrogens is 164 g/mol. The van der Waals surface area contributed by atoms with Gasteiger partial charge in [0.2, 0.25) is 0 Å². The molecule has 0 aliphatic rings. The molecule has 0 amide bonds. The number of likely N-dealkylation sites (N-methyl/N-ethyl adjacent to an activating group) is 2. The largest absolute Gasteiger partial charge is 0.308 e. The summed E-state index contributed by atoms with van der Waals surface area (Å²) in [7, 11) is 8.35. The van der Waals surface area contributed by atoms with Crippen molar-refractivity contribution in [2.45, 2.75) is 0 Å². The van der Waals surface area contributed by atoms with Crippen molar-refractivity contribution in [3.05, 3.63) is 0 Å². The zero-order valence-corrected chi connectivity index (χ0v) is 7.55. The van der Waals surface area contributed by atoms with Crippen molar-refractivity contribution >= 4 is 0 Å². The fraction of sp³-hybridized carbons (Fsp3) is 1.00. The van der Waals surface area contributed by atoms with Crippen LogP contribution in [-0.2, 0) is 17.1 Å². The van der Waals surface area contributed by atoms with E-state index in [-0.39, 0.29) is 17.1 Å². The van der Waals surface area contributed by atoms with E-state index in [0.717, 1.165) is 13.1 Å². The van der Waals surface area contributed by atoms with E-state index in [2.05, 4.69) is 38.0 Å². The fourth-order valence-electron chi connectivity index (χ4n) is 0.400. The van der Waals surface area contributed by atoms with Gasteiger partial charge in [-0.1, -0.05) is 0 Å². The van der Waals surface area contributed by atoms with Gasteiger partial charge in [-0.15, -0.1) is 0 Å². The van der Waals surface area contributed by atoms with Crippen molar-refractivity contribution in [1.82, 2.24) is 9.80 Å². The molecule has 0 spiro atoms. The Kier molecular flexibility index (Phi) is 8.85. The van der Waals surface area contributed by atoms with Gasteiger partial charge < -0.3 is 9.80 Å². The summed E-state index contributed by atoms with van der Waals surface area (Å²) in [4.78, 5) is 4.36. The molecule has 0 aromatic rings. The molecule has 0 saturated carbocycles. The van der Waals surface area contributed by atoms with Crippen molar-refractivity contribution in [1.29, 1.82) is 0 Å². The minimum Gasteiger partial charge on any atom is -0.308 e. The molecule has 0 unspecified atom stereocenters. The van der Waals surface area contributed by atoms with Gasteiger partial charge in [-0.3, -0.25) is 0 Å². The molecule has 0 rings (SSSR count). The molecular formula is C6H16CuN2. The van der Waals surface area contributed by atoms with Crippen LogP contribution in [-0.4, -0.2) is 51.1 Å². The number of rotatable bonds is 3. The minimum atomic E-state index is 0. The molecule has 0 aliphatic heterocycles. The van der Waals surface area contributed by atoms with Crippen LogP contribution in [0.3, 0.4) is 0 Å². The molecule has 0 aromatic heterocycles. The number of hydrogen-bond acceptors (Lipinski definition) is 2. The van der Waals surface area contributed by atoms with Crippen LogP contribution in [0.15, 0.2) is 0 Å². The normalized spacial score (nSPS) is 10.0. The molecule has 0 atom stereocenters. The molecule has 0 heterocycles. The van der Waals surface area contributed by atoms with Crippen LogP contribution >= 0.6 is 0 Å². The standard InChI is InChI=1S/C6H16N2.Cu/c1-7(2)5-6-8(3)4;/h5-6H2,1-4H3;. The first-order chi connectivity index (χ1) is 3.63. The minimum absolute atomic E-state index is 0. The molecule has 61 valence electrons. The molecule has 0 aliphatic carbocycles. The molecule has 9 heavy (non-hydrogen) atoms. The predicted octanol–water partition coefficient (Wildman–Crippen LogP) is 0.107. The summed E-state index contributed by atoms with van der Waals surface area (Å²) in [5.41, 5.74) is 0. The zero-order chi connectivity index (χ0) is 6.57. The van der Waals surface area contributed by atoms with Gasteiger partial charge in [0.1, 0.15) is 0 Å². The summed E-state index contributed by atoms with van der Waals surface area (Å²) in [6.45, 7) is 2.29. The Morgan fingerprint density at radius 3 is 1.11 bits per heavy atom. The summed E-state index contributed by atoms with van der Waals surface area (Å²) >= 11 is 0. The van der Waals surface area contributed by atoms with E-state index in [0.29, 0.717) is 0 Å². The summed E-state index contributed by atoms with van der Waals surface area (Å²) in [5, 5.41) is 0. The van der Waals surface area contributed by atoms with Gasteiger partial charge >= 0.3 is 0 Å².